The second-order valence-electron chi connectivity index (χ2n) is 11.0. The zero-order chi connectivity index (χ0) is 25.7. The molecule has 1 aromatic carbocycles. The van der Waals surface area contributed by atoms with E-state index in [1.807, 2.05) is 41.4 Å². The third kappa shape index (κ3) is 6.02. The lowest BCUT2D eigenvalue weighted by Gasteiger charge is -2.42. The Morgan fingerprint density at radius 3 is 2.51 bits per heavy atom. The van der Waals surface area contributed by atoms with Crippen LogP contribution in [0.3, 0.4) is 0 Å². The molecule has 198 valence electrons. The quantitative estimate of drug-likeness (QED) is 0.664. The summed E-state index contributed by atoms with van der Waals surface area (Å²) in [6, 6.07) is 9.11. The van der Waals surface area contributed by atoms with Crippen LogP contribution in [-0.2, 0) is 33.8 Å². The minimum atomic E-state index is -0.743. The lowest BCUT2D eigenvalue weighted by atomic mass is 9.73. The predicted molar refractivity (Wildman–Crippen MR) is 138 cm³/mol. The molecule has 2 bridgehead atoms. The van der Waals surface area contributed by atoms with E-state index in [1.54, 1.807) is 4.68 Å². The van der Waals surface area contributed by atoms with Crippen LogP contribution in [0.15, 0.2) is 36.5 Å². The molecule has 5 rings (SSSR count). The first-order valence-corrected chi connectivity index (χ1v) is 13.8. The van der Waals surface area contributed by atoms with Crippen LogP contribution in [0.25, 0.3) is 0 Å². The van der Waals surface area contributed by atoms with Gasteiger partial charge in [0, 0.05) is 51.1 Å². The van der Waals surface area contributed by atoms with Crippen LogP contribution in [-0.4, -0.2) is 63.3 Å². The van der Waals surface area contributed by atoms with Crippen molar-refractivity contribution in [3.8, 4) is 0 Å². The van der Waals surface area contributed by atoms with Gasteiger partial charge in [0.25, 0.3) is 0 Å². The number of nitrogens with one attached hydrogen (secondary N) is 2. The maximum absolute atomic E-state index is 14.0. The second-order valence-corrected chi connectivity index (χ2v) is 11.0. The summed E-state index contributed by atoms with van der Waals surface area (Å²) in [6.07, 6.45) is 10.0. The van der Waals surface area contributed by atoms with Gasteiger partial charge in [-0.05, 0) is 37.7 Å². The largest absolute Gasteiger partial charge is 0.354 e. The Kier molecular flexibility index (Phi) is 7.86. The number of likely N-dealkylation sites (tertiary alicyclic amines) is 1. The number of carbonyl (C=O) groups is 3. The summed E-state index contributed by atoms with van der Waals surface area (Å²) >= 11 is 0. The Hall–Kier alpha value is -3.23. The smallest absolute Gasteiger partial charge is 0.242 e. The molecule has 1 saturated heterocycles. The number of fused-ring (bicyclic) bond motifs is 2. The number of aryl methyl sites for hydroxylation is 1. The molecule has 1 aromatic heterocycles. The van der Waals surface area contributed by atoms with Crippen LogP contribution in [0, 0.1) is 11.3 Å². The van der Waals surface area contributed by atoms with Gasteiger partial charge in [0.2, 0.25) is 17.7 Å². The molecule has 3 amide bonds. The Balaban J connectivity index is 1.36. The second kappa shape index (κ2) is 11.4. The SMILES string of the molecule is O=C1NCCCn2cc(nn2)CC2(CCN(C(=O)C3CCCCC3)CC2)C(=O)N[C@H]1Cc1ccccc1. The Bertz CT molecular complexity index is 1090. The number of aromatic nitrogens is 3. The topological polar surface area (TPSA) is 109 Å². The van der Waals surface area contributed by atoms with Crippen LogP contribution in [0.1, 0.15) is 62.6 Å². The number of piperidine rings is 1. The minimum Gasteiger partial charge on any atom is -0.354 e. The van der Waals surface area contributed by atoms with Crippen LogP contribution in [0.4, 0.5) is 0 Å². The molecule has 37 heavy (non-hydrogen) atoms. The fraction of sp³-hybridized carbons (Fsp3) is 0.607. The van der Waals surface area contributed by atoms with E-state index in [4.69, 9.17) is 0 Å². The Morgan fingerprint density at radius 1 is 1.00 bits per heavy atom. The average molecular weight is 507 g/mol. The van der Waals surface area contributed by atoms with Crippen molar-refractivity contribution in [3.05, 3.63) is 47.8 Å². The van der Waals surface area contributed by atoms with Crippen molar-refractivity contribution in [2.75, 3.05) is 19.6 Å². The van der Waals surface area contributed by atoms with Gasteiger partial charge in [-0.1, -0.05) is 54.8 Å². The maximum atomic E-state index is 14.0. The third-order valence-electron chi connectivity index (χ3n) is 8.34. The number of rotatable bonds is 3. The third-order valence-corrected chi connectivity index (χ3v) is 8.34. The van der Waals surface area contributed by atoms with Crippen LogP contribution < -0.4 is 10.6 Å². The molecule has 2 N–H and O–H groups in total. The van der Waals surface area contributed by atoms with Crippen molar-refractivity contribution in [3.63, 3.8) is 0 Å². The van der Waals surface area contributed by atoms with E-state index in [-0.39, 0.29) is 23.6 Å². The summed E-state index contributed by atoms with van der Waals surface area (Å²) in [4.78, 5) is 42.3. The number of benzene rings is 1. The van der Waals surface area contributed by atoms with Crippen molar-refractivity contribution in [2.24, 2.45) is 11.3 Å². The Morgan fingerprint density at radius 2 is 1.76 bits per heavy atom. The van der Waals surface area contributed by atoms with Crippen LogP contribution in [0.2, 0.25) is 0 Å². The summed E-state index contributed by atoms with van der Waals surface area (Å²) < 4.78 is 1.79. The van der Waals surface area contributed by atoms with E-state index < -0.39 is 11.5 Å². The van der Waals surface area contributed by atoms with Crippen LogP contribution in [0.5, 0.6) is 0 Å². The minimum absolute atomic E-state index is 0.121. The fourth-order valence-corrected chi connectivity index (χ4v) is 6.07. The first-order chi connectivity index (χ1) is 18.0. The summed E-state index contributed by atoms with van der Waals surface area (Å²) in [7, 11) is 0. The molecule has 1 spiro atoms. The van der Waals surface area contributed by atoms with E-state index in [1.165, 1.54) is 6.42 Å². The zero-order valence-electron chi connectivity index (χ0n) is 21.5. The summed E-state index contributed by atoms with van der Waals surface area (Å²) in [5, 5.41) is 14.7. The summed E-state index contributed by atoms with van der Waals surface area (Å²) in [5.74, 6) is 0.0551. The molecule has 3 aliphatic rings. The van der Waals surface area contributed by atoms with Crippen molar-refractivity contribution >= 4 is 17.7 Å². The molecule has 2 aromatic rings. The highest BCUT2D eigenvalue weighted by Crippen LogP contribution is 2.37. The van der Waals surface area contributed by atoms with Gasteiger partial charge in [-0.3, -0.25) is 19.1 Å². The van der Waals surface area contributed by atoms with Gasteiger partial charge in [-0.15, -0.1) is 5.10 Å². The molecular formula is C28H38N6O3. The normalized spacial score (nSPS) is 23.4. The lowest BCUT2D eigenvalue weighted by Crippen LogP contribution is -2.56. The first-order valence-electron chi connectivity index (χ1n) is 13.8. The standard InChI is InChI=1S/C28H38N6O3/c35-25-24(18-21-8-3-1-4-9-21)30-27(37)28(19-23-20-34(32-31-23)15-7-14-29-25)12-16-33(17-13-28)26(36)22-10-5-2-6-11-22/h1,3-4,8-9,20,22,24H,2,5-7,10-19H2,(H,29,35)(H,30,37)/t24-/m0/s1. The monoisotopic (exact) mass is 506 g/mol. The molecule has 0 radical (unpaired) electrons. The number of hydrogen-bond acceptors (Lipinski definition) is 5. The number of hydrogen-bond donors (Lipinski definition) is 2. The number of nitrogens with zero attached hydrogens (tertiary/aromatic N) is 4. The van der Waals surface area contributed by atoms with E-state index in [0.29, 0.717) is 51.9 Å². The molecule has 1 saturated carbocycles. The highest BCUT2D eigenvalue weighted by Gasteiger charge is 2.45. The van der Waals surface area contributed by atoms with Crippen molar-refractivity contribution in [1.29, 1.82) is 0 Å². The van der Waals surface area contributed by atoms with Crippen LogP contribution >= 0.6 is 0 Å². The lowest BCUT2D eigenvalue weighted by molar-refractivity contribution is -0.144. The van der Waals surface area contributed by atoms with E-state index in [9.17, 15) is 14.4 Å². The van der Waals surface area contributed by atoms with Gasteiger partial charge < -0.3 is 15.5 Å². The van der Waals surface area contributed by atoms with Gasteiger partial charge in [-0.2, -0.15) is 0 Å². The maximum Gasteiger partial charge on any atom is 0.242 e. The molecule has 2 aliphatic heterocycles. The molecular weight excluding hydrogens is 468 g/mol. The number of amides is 3. The highest BCUT2D eigenvalue weighted by atomic mass is 16.2. The summed E-state index contributed by atoms with van der Waals surface area (Å²) in [5.41, 5.74) is 1.03. The summed E-state index contributed by atoms with van der Waals surface area (Å²) in [6.45, 7) is 2.24. The Labute approximate surface area is 218 Å². The first kappa shape index (κ1) is 25.4. The molecule has 2 fully saturated rings. The molecule has 1 aliphatic carbocycles. The van der Waals surface area contributed by atoms with Gasteiger partial charge in [0.05, 0.1) is 11.1 Å². The molecule has 9 nitrogen and oxygen atoms in total. The molecule has 0 unspecified atom stereocenters. The van der Waals surface area contributed by atoms with Gasteiger partial charge in [-0.25, -0.2) is 0 Å². The van der Waals surface area contributed by atoms with E-state index >= 15 is 0 Å². The van der Waals surface area contributed by atoms with Crippen molar-refractivity contribution < 1.29 is 14.4 Å². The number of carbonyl (C=O) groups excluding carboxylic acids is 3. The van der Waals surface area contributed by atoms with Crippen molar-refractivity contribution in [1.82, 2.24) is 30.5 Å². The molecule has 9 heteroatoms. The van der Waals surface area contributed by atoms with E-state index in [0.717, 1.165) is 43.4 Å². The molecule has 1 atom stereocenters. The van der Waals surface area contributed by atoms with Gasteiger partial charge in [0.1, 0.15) is 6.04 Å². The highest BCUT2D eigenvalue weighted by molar-refractivity contribution is 5.91. The zero-order valence-corrected chi connectivity index (χ0v) is 21.5. The average Bonchev–Trinajstić information content (AvgIpc) is 3.38. The van der Waals surface area contributed by atoms with Gasteiger partial charge in [0.15, 0.2) is 0 Å². The predicted octanol–water partition coefficient (Wildman–Crippen LogP) is 2.26. The van der Waals surface area contributed by atoms with E-state index in [2.05, 4.69) is 20.9 Å². The van der Waals surface area contributed by atoms with Gasteiger partial charge >= 0.3 is 0 Å². The van der Waals surface area contributed by atoms with Crippen molar-refractivity contribution in [2.45, 2.75) is 76.8 Å². The fourth-order valence-electron chi connectivity index (χ4n) is 6.07. The molecule has 3 heterocycles.